The fourth-order valence-electron chi connectivity index (χ4n) is 5.13. The first kappa shape index (κ1) is 19.0. The molecule has 2 heteroatoms. The summed E-state index contributed by atoms with van der Waals surface area (Å²) in [7, 11) is 0. The fourth-order valence-corrected chi connectivity index (χ4v) is 5.13. The number of nitrogens with zero attached hydrogens (tertiary/aromatic N) is 2. The standard InChI is InChI=1S/C32H20N2/c1-2-8-25-22(6-1)7-5-11-26(25)23-14-12-21(13-15-23)24-16-17-28-27-9-3-4-10-29(27)31-32(30(28)20-24)34-19-18-33-31/h1-20H. The molecule has 0 saturated carbocycles. The second-order valence-corrected chi connectivity index (χ2v) is 8.66. The van der Waals surface area contributed by atoms with Gasteiger partial charge < -0.3 is 0 Å². The van der Waals surface area contributed by atoms with Crippen LogP contribution in [0.25, 0.3) is 65.6 Å². The molecule has 0 N–H and O–H groups in total. The van der Waals surface area contributed by atoms with E-state index in [1.54, 1.807) is 12.4 Å². The summed E-state index contributed by atoms with van der Waals surface area (Å²) in [6.07, 6.45) is 3.55. The Kier molecular flexibility index (Phi) is 4.18. The number of fused-ring (bicyclic) bond motifs is 7. The van der Waals surface area contributed by atoms with E-state index >= 15 is 0 Å². The van der Waals surface area contributed by atoms with Crippen molar-refractivity contribution in [3.8, 4) is 22.3 Å². The Bertz CT molecular complexity index is 1810. The minimum atomic E-state index is 0.949. The van der Waals surface area contributed by atoms with Crippen LogP contribution in [-0.2, 0) is 0 Å². The lowest BCUT2D eigenvalue weighted by molar-refractivity contribution is 1.31. The van der Waals surface area contributed by atoms with Crippen molar-refractivity contribution in [2.45, 2.75) is 0 Å². The van der Waals surface area contributed by atoms with Crippen molar-refractivity contribution >= 4 is 43.4 Å². The van der Waals surface area contributed by atoms with E-state index in [9.17, 15) is 0 Å². The van der Waals surface area contributed by atoms with E-state index in [-0.39, 0.29) is 0 Å². The topological polar surface area (TPSA) is 25.8 Å². The van der Waals surface area contributed by atoms with Gasteiger partial charge in [0.05, 0.1) is 11.0 Å². The SMILES string of the molecule is c1ccc2c(-c3ccc(-c4ccc5c6ccccc6c6nccnc6c5c4)cc3)cccc2c1. The van der Waals surface area contributed by atoms with E-state index in [1.807, 2.05) is 0 Å². The van der Waals surface area contributed by atoms with Gasteiger partial charge in [-0.2, -0.15) is 0 Å². The largest absolute Gasteiger partial charge is 0.252 e. The van der Waals surface area contributed by atoms with Crippen LogP contribution in [-0.4, -0.2) is 9.97 Å². The van der Waals surface area contributed by atoms with Gasteiger partial charge in [-0.25, -0.2) is 0 Å². The maximum atomic E-state index is 4.71. The molecule has 2 nitrogen and oxygen atoms in total. The normalized spacial score (nSPS) is 11.5. The summed E-state index contributed by atoms with van der Waals surface area (Å²) in [6, 6.07) is 39.1. The Hall–Kier alpha value is -4.56. The molecule has 0 amide bonds. The van der Waals surface area contributed by atoms with Gasteiger partial charge in [0.15, 0.2) is 0 Å². The van der Waals surface area contributed by atoms with Gasteiger partial charge in [-0.05, 0) is 49.9 Å². The van der Waals surface area contributed by atoms with Gasteiger partial charge in [-0.15, -0.1) is 0 Å². The van der Waals surface area contributed by atoms with Crippen molar-refractivity contribution in [1.82, 2.24) is 9.97 Å². The molecule has 0 aliphatic rings. The van der Waals surface area contributed by atoms with E-state index in [1.165, 1.54) is 43.8 Å². The lowest BCUT2D eigenvalue weighted by Crippen LogP contribution is -1.89. The first-order chi connectivity index (χ1) is 16.9. The minimum Gasteiger partial charge on any atom is -0.252 e. The molecule has 34 heavy (non-hydrogen) atoms. The molecule has 0 aliphatic carbocycles. The molecule has 0 saturated heterocycles. The number of benzene rings is 6. The highest BCUT2D eigenvalue weighted by Gasteiger charge is 2.11. The van der Waals surface area contributed by atoms with Gasteiger partial charge in [0, 0.05) is 23.2 Å². The summed E-state index contributed by atoms with van der Waals surface area (Å²) in [6.45, 7) is 0. The third-order valence-electron chi connectivity index (χ3n) is 6.76. The second-order valence-electron chi connectivity index (χ2n) is 8.66. The Labute approximate surface area is 197 Å². The summed E-state index contributed by atoms with van der Waals surface area (Å²) in [4.78, 5) is 9.38. The van der Waals surface area contributed by atoms with E-state index in [0.717, 1.165) is 21.8 Å². The maximum absolute atomic E-state index is 4.71. The first-order valence-corrected chi connectivity index (χ1v) is 11.5. The zero-order valence-corrected chi connectivity index (χ0v) is 18.4. The number of aromatic nitrogens is 2. The number of rotatable bonds is 2. The summed E-state index contributed by atoms with van der Waals surface area (Å²) >= 11 is 0. The van der Waals surface area contributed by atoms with Crippen LogP contribution in [0.1, 0.15) is 0 Å². The highest BCUT2D eigenvalue weighted by atomic mass is 14.8. The van der Waals surface area contributed by atoms with E-state index < -0.39 is 0 Å². The first-order valence-electron chi connectivity index (χ1n) is 11.5. The van der Waals surface area contributed by atoms with Crippen LogP contribution in [0.2, 0.25) is 0 Å². The molecule has 158 valence electrons. The van der Waals surface area contributed by atoms with Crippen molar-refractivity contribution in [2.24, 2.45) is 0 Å². The number of hydrogen-bond donors (Lipinski definition) is 0. The van der Waals surface area contributed by atoms with Crippen molar-refractivity contribution < 1.29 is 0 Å². The van der Waals surface area contributed by atoms with Crippen molar-refractivity contribution in [3.05, 3.63) is 122 Å². The molecule has 1 aromatic heterocycles. The summed E-state index contributed by atoms with van der Waals surface area (Å²) in [5.41, 5.74) is 6.76. The van der Waals surface area contributed by atoms with Crippen LogP contribution >= 0.6 is 0 Å². The molecule has 0 spiro atoms. The summed E-state index contributed by atoms with van der Waals surface area (Å²) < 4.78 is 0. The Morgan fingerprint density at radius 2 is 0.971 bits per heavy atom. The Morgan fingerprint density at radius 1 is 0.382 bits per heavy atom. The van der Waals surface area contributed by atoms with Crippen LogP contribution < -0.4 is 0 Å². The molecule has 0 bridgehead atoms. The predicted molar refractivity (Wildman–Crippen MR) is 143 cm³/mol. The molecular weight excluding hydrogens is 412 g/mol. The molecule has 7 rings (SSSR count). The Balaban J connectivity index is 1.39. The van der Waals surface area contributed by atoms with Crippen LogP contribution in [0.15, 0.2) is 122 Å². The highest BCUT2D eigenvalue weighted by molar-refractivity contribution is 6.23. The molecule has 0 atom stereocenters. The van der Waals surface area contributed by atoms with Crippen molar-refractivity contribution in [2.75, 3.05) is 0 Å². The van der Waals surface area contributed by atoms with Crippen LogP contribution in [0, 0.1) is 0 Å². The average molecular weight is 433 g/mol. The second kappa shape index (κ2) is 7.50. The molecule has 0 fully saturated rings. The quantitative estimate of drug-likeness (QED) is 0.256. The van der Waals surface area contributed by atoms with E-state index in [2.05, 4.69) is 114 Å². The van der Waals surface area contributed by atoms with Gasteiger partial charge in [0.25, 0.3) is 0 Å². The third-order valence-corrected chi connectivity index (χ3v) is 6.76. The van der Waals surface area contributed by atoms with Crippen LogP contribution in [0.3, 0.4) is 0 Å². The fraction of sp³-hybridized carbons (Fsp3) is 0. The maximum Gasteiger partial charge on any atom is 0.0971 e. The molecule has 1 heterocycles. The zero-order chi connectivity index (χ0) is 22.5. The lowest BCUT2D eigenvalue weighted by Gasteiger charge is -2.11. The molecule has 6 aromatic carbocycles. The zero-order valence-electron chi connectivity index (χ0n) is 18.4. The highest BCUT2D eigenvalue weighted by Crippen LogP contribution is 2.36. The predicted octanol–water partition coefficient (Wildman–Crippen LogP) is 8.42. The van der Waals surface area contributed by atoms with E-state index in [0.29, 0.717) is 0 Å². The van der Waals surface area contributed by atoms with Crippen LogP contribution in [0.5, 0.6) is 0 Å². The summed E-state index contributed by atoms with van der Waals surface area (Å²) in [5, 5.41) is 7.24. The van der Waals surface area contributed by atoms with Crippen molar-refractivity contribution in [1.29, 1.82) is 0 Å². The monoisotopic (exact) mass is 432 g/mol. The van der Waals surface area contributed by atoms with Crippen LogP contribution in [0.4, 0.5) is 0 Å². The van der Waals surface area contributed by atoms with Crippen molar-refractivity contribution in [3.63, 3.8) is 0 Å². The minimum absolute atomic E-state index is 0.949. The smallest absolute Gasteiger partial charge is 0.0971 e. The van der Waals surface area contributed by atoms with E-state index in [4.69, 9.17) is 4.98 Å². The van der Waals surface area contributed by atoms with Gasteiger partial charge in [0.1, 0.15) is 0 Å². The van der Waals surface area contributed by atoms with Gasteiger partial charge in [-0.3, -0.25) is 9.97 Å². The van der Waals surface area contributed by atoms with Gasteiger partial charge in [-0.1, -0.05) is 103 Å². The molecule has 7 aromatic rings. The molecule has 0 aliphatic heterocycles. The third kappa shape index (κ3) is 2.89. The lowest BCUT2D eigenvalue weighted by atomic mass is 9.94. The summed E-state index contributed by atoms with van der Waals surface area (Å²) in [5.74, 6) is 0. The molecule has 0 radical (unpaired) electrons. The van der Waals surface area contributed by atoms with Gasteiger partial charge in [0.2, 0.25) is 0 Å². The average Bonchev–Trinajstić information content (AvgIpc) is 2.93. The van der Waals surface area contributed by atoms with Gasteiger partial charge >= 0.3 is 0 Å². The number of hydrogen-bond acceptors (Lipinski definition) is 2. The molecule has 0 unspecified atom stereocenters. The Morgan fingerprint density at radius 3 is 1.79 bits per heavy atom. The molecular formula is C32H20N2.